The van der Waals surface area contributed by atoms with Crippen LogP contribution in [0.25, 0.3) is 11.2 Å². The Labute approximate surface area is 209 Å². The molecule has 0 aliphatic heterocycles. The van der Waals surface area contributed by atoms with Crippen molar-refractivity contribution in [3.8, 4) is 11.8 Å². The van der Waals surface area contributed by atoms with Crippen LogP contribution < -0.4 is 16.4 Å². The molecule has 0 unspecified atom stereocenters. The van der Waals surface area contributed by atoms with E-state index in [1.807, 2.05) is 45.0 Å². The van der Waals surface area contributed by atoms with E-state index in [4.69, 9.17) is 15.5 Å². The third-order valence-corrected chi connectivity index (χ3v) is 5.54. The fourth-order valence-electron chi connectivity index (χ4n) is 3.00. The number of hydrogen-bond donors (Lipinski definition) is 3. The summed E-state index contributed by atoms with van der Waals surface area (Å²) in [5, 5.41) is 15.3. The second kappa shape index (κ2) is 12.4. The summed E-state index contributed by atoms with van der Waals surface area (Å²) in [5.74, 6) is 7.36. The number of amides is 1. The second-order valence-electron chi connectivity index (χ2n) is 8.68. The highest BCUT2D eigenvalue weighted by Crippen LogP contribution is 2.23. The molecule has 11 heteroatoms. The molecule has 0 saturated carbocycles. The minimum Gasteiger partial charge on any atom is -0.444 e. The van der Waals surface area contributed by atoms with E-state index in [-0.39, 0.29) is 0 Å². The van der Waals surface area contributed by atoms with Crippen LogP contribution in [-0.4, -0.2) is 62.0 Å². The lowest BCUT2D eigenvalue weighted by molar-refractivity contribution is 0.0530. The van der Waals surface area contributed by atoms with Gasteiger partial charge in [-0.1, -0.05) is 47.9 Å². The average molecular weight is 497 g/mol. The molecule has 35 heavy (non-hydrogen) atoms. The van der Waals surface area contributed by atoms with Gasteiger partial charge in [-0.2, -0.15) is 0 Å². The predicted molar refractivity (Wildman–Crippen MR) is 138 cm³/mol. The Bertz CT molecular complexity index is 1190. The highest BCUT2D eigenvalue weighted by atomic mass is 32.2. The van der Waals surface area contributed by atoms with Crippen molar-refractivity contribution < 1.29 is 9.53 Å². The number of alkyl carbamates (subject to hydrolysis) is 1. The topological polar surface area (TPSA) is 133 Å². The Morgan fingerprint density at radius 1 is 1.20 bits per heavy atom. The van der Waals surface area contributed by atoms with E-state index in [2.05, 4.69) is 44.7 Å². The van der Waals surface area contributed by atoms with Crippen molar-refractivity contribution >= 4 is 34.8 Å². The standard InChI is InChI=1S/C24H32N8O2S/c1-5-15-35-22-28-20(26-13-14-27-23(33)34-24(2,3)4)19-21(29-22)32(31-30-19)16-18-10-8-17(9-11-18)7-6-12-25/h8-11H,5,12-16,25H2,1-4H3,(H,27,33)(H,26,28,29). The number of thioether (sulfide) groups is 1. The zero-order valence-electron chi connectivity index (χ0n) is 20.6. The van der Waals surface area contributed by atoms with Crippen molar-refractivity contribution in [1.82, 2.24) is 30.3 Å². The number of nitrogens with two attached hydrogens (primary N) is 1. The molecule has 1 aromatic carbocycles. The fourth-order valence-corrected chi connectivity index (χ4v) is 3.70. The molecule has 186 valence electrons. The van der Waals surface area contributed by atoms with Crippen molar-refractivity contribution in [2.75, 3.05) is 30.7 Å². The van der Waals surface area contributed by atoms with E-state index < -0.39 is 11.7 Å². The zero-order chi connectivity index (χ0) is 25.3. The summed E-state index contributed by atoms with van der Waals surface area (Å²) in [4.78, 5) is 21.2. The molecular formula is C24H32N8O2S. The van der Waals surface area contributed by atoms with Gasteiger partial charge >= 0.3 is 6.09 Å². The first-order chi connectivity index (χ1) is 16.8. The molecule has 2 aromatic heterocycles. The Morgan fingerprint density at radius 3 is 2.66 bits per heavy atom. The van der Waals surface area contributed by atoms with Gasteiger partial charge in [0.1, 0.15) is 5.60 Å². The van der Waals surface area contributed by atoms with Crippen molar-refractivity contribution in [3.05, 3.63) is 35.4 Å². The van der Waals surface area contributed by atoms with Crippen molar-refractivity contribution in [2.45, 2.75) is 51.4 Å². The van der Waals surface area contributed by atoms with E-state index >= 15 is 0 Å². The highest BCUT2D eigenvalue weighted by Gasteiger charge is 2.17. The van der Waals surface area contributed by atoms with E-state index in [9.17, 15) is 4.79 Å². The van der Waals surface area contributed by atoms with Gasteiger partial charge in [-0.15, -0.1) is 5.10 Å². The van der Waals surface area contributed by atoms with E-state index in [1.165, 1.54) is 0 Å². The molecule has 3 rings (SSSR count). The molecule has 0 radical (unpaired) electrons. The summed E-state index contributed by atoms with van der Waals surface area (Å²) in [6, 6.07) is 7.92. The van der Waals surface area contributed by atoms with Crippen LogP contribution >= 0.6 is 11.8 Å². The molecule has 0 saturated heterocycles. The van der Waals surface area contributed by atoms with Crippen LogP contribution in [0.2, 0.25) is 0 Å². The van der Waals surface area contributed by atoms with Gasteiger partial charge in [-0.25, -0.2) is 19.4 Å². The quantitative estimate of drug-likeness (QED) is 0.177. The van der Waals surface area contributed by atoms with Crippen molar-refractivity contribution in [1.29, 1.82) is 0 Å². The lowest BCUT2D eigenvalue weighted by Crippen LogP contribution is -2.35. The third-order valence-electron chi connectivity index (χ3n) is 4.48. The van der Waals surface area contributed by atoms with Gasteiger partial charge < -0.3 is 21.1 Å². The van der Waals surface area contributed by atoms with Crippen LogP contribution in [0.4, 0.5) is 10.6 Å². The van der Waals surface area contributed by atoms with E-state index in [0.29, 0.717) is 48.3 Å². The first-order valence-electron chi connectivity index (χ1n) is 11.5. The monoisotopic (exact) mass is 496 g/mol. The van der Waals surface area contributed by atoms with Gasteiger partial charge in [0.2, 0.25) is 0 Å². The van der Waals surface area contributed by atoms with Crippen LogP contribution in [0.5, 0.6) is 0 Å². The molecular weight excluding hydrogens is 464 g/mol. The average Bonchev–Trinajstić information content (AvgIpc) is 3.21. The van der Waals surface area contributed by atoms with E-state index in [0.717, 1.165) is 23.3 Å². The normalized spacial score (nSPS) is 11.1. The number of carbonyl (C=O) groups excluding carboxylic acids is 1. The predicted octanol–water partition coefficient (Wildman–Crippen LogP) is 3.02. The maximum atomic E-state index is 11.9. The molecule has 0 fully saturated rings. The number of benzene rings is 1. The molecule has 0 spiro atoms. The maximum absolute atomic E-state index is 11.9. The molecule has 4 N–H and O–H groups in total. The molecule has 0 atom stereocenters. The van der Waals surface area contributed by atoms with Crippen LogP contribution in [0.1, 0.15) is 45.2 Å². The summed E-state index contributed by atoms with van der Waals surface area (Å²) in [6.07, 6.45) is 0.545. The number of anilines is 1. The maximum Gasteiger partial charge on any atom is 0.407 e. The summed E-state index contributed by atoms with van der Waals surface area (Å²) >= 11 is 1.58. The Kier molecular flexibility index (Phi) is 9.28. The van der Waals surface area contributed by atoms with Gasteiger partial charge in [-0.3, -0.25) is 0 Å². The fraction of sp³-hybridized carbons (Fsp3) is 0.458. The van der Waals surface area contributed by atoms with Gasteiger partial charge in [0, 0.05) is 24.4 Å². The molecule has 0 bridgehead atoms. The molecule has 0 aliphatic carbocycles. The SMILES string of the molecule is CCCSc1nc(NCCNC(=O)OC(C)(C)C)c2nnn(Cc3ccc(C#CCN)cc3)c2n1. The molecule has 3 aromatic rings. The largest absolute Gasteiger partial charge is 0.444 e. The molecule has 2 heterocycles. The lowest BCUT2D eigenvalue weighted by Gasteiger charge is -2.19. The number of ether oxygens (including phenoxy) is 1. The smallest absolute Gasteiger partial charge is 0.407 e. The van der Waals surface area contributed by atoms with E-state index in [1.54, 1.807) is 16.4 Å². The van der Waals surface area contributed by atoms with Gasteiger partial charge in [0.15, 0.2) is 22.1 Å². The number of nitrogens with zero attached hydrogens (tertiary/aromatic N) is 5. The molecule has 0 aliphatic rings. The summed E-state index contributed by atoms with van der Waals surface area (Å²) in [6.45, 7) is 9.24. The van der Waals surface area contributed by atoms with Gasteiger partial charge in [-0.05, 0) is 44.9 Å². The zero-order valence-corrected chi connectivity index (χ0v) is 21.4. The number of hydrogen-bond acceptors (Lipinski definition) is 9. The minimum atomic E-state index is -0.543. The Hall–Kier alpha value is -3.36. The first-order valence-corrected chi connectivity index (χ1v) is 12.5. The Morgan fingerprint density at radius 2 is 1.97 bits per heavy atom. The summed E-state index contributed by atoms with van der Waals surface area (Å²) < 4.78 is 7.03. The van der Waals surface area contributed by atoms with Crippen molar-refractivity contribution in [2.24, 2.45) is 5.73 Å². The number of aromatic nitrogens is 5. The molecule has 10 nitrogen and oxygen atoms in total. The number of rotatable bonds is 9. The first kappa shape index (κ1) is 26.2. The molecule has 1 amide bonds. The van der Waals surface area contributed by atoms with Crippen molar-refractivity contribution in [3.63, 3.8) is 0 Å². The Balaban J connectivity index is 1.75. The number of nitrogens with one attached hydrogen (secondary N) is 2. The number of fused-ring (bicyclic) bond motifs is 1. The summed E-state index contributed by atoms with van der Waals surface area (Å²) in [5.41, 5.74) is 8.08. The lowest BCUT2D eigenvalue weighted by atomic mass is 10.1. The van der Waals surface area contributed by atoms with Crippen LogP contribution in [-0.2, 0) is 11.3 Å². The number of carbonyl (C=O) groups is 1. The van der Waals surface area contributed by atoms with Crippen LogP contribution in [0, 0.1) is 11.8 Å². The van der Waals surface area contributed by atoms with Gasteiger partial charge in [0.25, 0.3) is 0 Å². The van der Waals surface area contributed by atoms with Crippen LogP contribution in [0.3, 0.4) is 0 Å². The van der Waals surface area contributed by atoms with Gasteiger partial charge in [0.05, 0.1) is 13.1 Å². The highest BCUT2D eigenvalue weighted by molar-refractivity contribution is 7.99. The second-order valence-corrected chi connectivity index (χ2v) is 9.74. The third kappa shape index (κ3) is 8.12. The van der Waals surface area contributed by atoms with Crippen LogP contribution in [0.15, 0.2) is 29.4 Å². The summed E-state index contributed by atoms with van der Waals surface area (Å²) in [7, 11) is 0. The minimum absolute atomic E-state index is 0.332.